The number of epoxide rings is 1. The monoisotopic (exact) mass is 369 g/mol. The van der Waals surface area contributed by atoms with E-state index in [1.165, 1.54) is 20.8 Å². The summed E-state index contributed by atoms with van der Waals surface area (Å²) in [5, 5.41) is 1.75. The molecule has 1 fully saturated rings. The molecule has 1 saturated heterocycles. The molecule has 0 saturated carbocycles. The molecule has 2 aliphatic rings. The Hall–Kier alpha value is -1.97. The number of alkyl halides is 6. The number of hydrogen-bond acceptors (Lipinski definition) is 3. The highest BCUT2D eigenvalue weighted by molar-refractivity contribution is 5.83. The van der Waals surface area contributed by atoms with E-state index in [2.05, 4.69) is 0 Å². The molecular weight excluding hydrogens is 356 g/mol. The summed E-state index contributed by atoms with van der Waals surface area (Å²) in [7, 11) is 0. The average molecular weight is 369 g/mol. The van der Waals surface area contributed by atoms with Crippen LogP contribution in [0.2, 0.25) is 0 Å². The lowest BCUT2D eigenvalue weighted by molar-refractivity contribution is -0.178. The van der Waals surface area contributed by atoms with Crippen LogP contribution in [0.1, 0.15) is 31.9 Å². The van der Waals surface area contributed by atoms with Crippen LogP contribution in [0.5, 0.6) is 5.75 Å². The number of benzene rings is 1. The van der Waals surface area contributed by atoms with Gasteiger partial charge in [-0.1, -0.05) is 0 Å². The first kappa shape index (κ1) is 17.8. The minimum absolute atomic E-state index is 0.0508. The Morgan fingerprint density at radius 3 is 2.20 bits per heavy atom. The highest BCUT2D eigenvalue weighted by atomic mass is 19.4. The van der Waals surface area contributed by atoms with Crippen LogP contribution in [0.4, 0.5) is 26.3 Å². The molecule has 0 spiro atoms. The second-order valence-electron chi connectivity index (χ2n) is 6.59. The maximum absolute atomic E-state index is 12.9. The summed E-state index contributed by atoms with van der Waals surface area (Å²) in [6.45, 7) is 4.08. The van der Waals surface area contributed by atoms with Crippen LogP contribution in [0, 0.1) is 0 Å². The van der Waals surface area contributed by atoms with Crippen molar-refractivity contribution in [2.75, 3.05) is 0 Å². The predicted octanol–water partition coefficient (Wildman–Crippen LogP) is 3.50. The van der Waals surface area contributed by atoms with Crippen molar-refractivity contribution in [1.29, 1.82) is 0 Å². The third-order valence-electron chi connectivity index (χ3n) is 4.57. The van der Waals surface area contributed by atoms with Crippen molar-refractivity contribution in [1.82, 2.24) is 5.32 Å². The van der Waals surface area contributed by atoms with Crippen molar-refractivity contribution in [2.45, 2.75) is 50.1 Å². The van der Waals surface area contributed by atoms with Gasteiger partial charge in [0.2, 0.25) is 5.72 Å². The van der Waals surface area contributed by atoms with Crippen LogP contribution in [0.15, 0.2) is 18.2 Å². The molecule has 2 unspecified atom stereocenters. The molecule has 0 bridgehead atoms. The largest absolute Gasteiger partial charge is 0.482 e. The Morgan fingerprint density at radius 1 is 1.08 bits per heavy atom. The van der Waals surface area contributed by atoms with Crippen molar-refractivity contribution in [3.05, 3.63) is 29.3 Å². The van der Waals surface area contributed by atoms with Crippen molar-refractivity contribution < 1.29 is 40.6 Å². The summed E-state index contributed by atoms with van der Waals surface area (Å²) < 4.78 is 87.6. The van der Waals surface area contributed by atoms with Crippen LogP contribution < -0.4 is 10.1 Å². The fraction of sp³-hybridized carbons (Fsp3) is 0.533. The second-order valence-corrected chi connectivity index (χ2v) is 6.59. The lowest BCUT2D eigenvalue weighted by Crippen LogP contribution is -2.62. The zero-order valence-corrected chi connectivity index (χ0v) is 13.2. The van der Waals surface area contributed by atoms with E-state index in [4.69, 9.17) is 9.47 Å². The van der Waals surface area contributed by atoms with E-state index in [-0.39, 0.29) is 11.3 Å². The van der Waals surface area contributed by atoms with Crippen molar-refractivity contribution in [3.8, 4) is 5.75 Å². The zero-order chi connectivity index (χ0) is 19.1. The van der Waals surface area contributed by atoms with Gasteiger partial charge in [-0.05, 0) is 39.0 Å². The number of amides is 1. The molecule has 2 aliphatic heterocycles. The molecule has 138 valence electrons. The first-order valence-electron chi connectivity index (χ1n) is 7.14. The number of nitrogens with one attached hydrogen (secondary N) is 1. The van der Waals surface area contributed by atoms with E-state index in [1.807, 2.05) is 0 Å². The summed E-state index contributed by atoms with van der Waals surface area (Å²) in [6, 6.07) is 2.65. The summed E-state index contributed by atoms with van der Waals surface area (Å²) in [6.07, 6.45) is -9.82. The maximum atomic E-state index is 12.9. The molecular formula is C15H13F6NO3. The van der Waals surface area contributed by atoms with Gasteiger partial charge in [-0.15, -0.1) is 0 Å². The molecule has 0 aromatic heterocycles. The van der Waals surface area contributed by atoms with Gasteiger partial charge in [0.15, 0.2) is 5.60 Å². The summed E-state index contributed by atoms with van der Waals surface area (Å²) >= 11 is 0. The number of rotatable bonds is 1. The van der Waals surface area contributed by atoms with Crippen LogP contribution >= 0.6 is 0 Å². The van der Waals surface area contributed by atoms with Crippen LogP contribution in [-0.4, -0.2) is 23.4 Å². The quantitative estimate of drug-likeness (QED) is 0.609. The molecule has 2 heterocycles. The first-order chi connectivity index (χ1) is 11.1. The normalized spacial score (nSPS) is 30.0. The lowest BCUT2D eigenvalue weighted by Gasteiger charge is -2.39. The SMILES string of the molecule is CC1(C)Oc2ccc(C(F)(F)F)cc2C2(C)OC12NC(=O)C(F)(F)F. The molecule has 0 aliphatic carbocycles. The number of fused-ring (bicyclic) bond motifs is 3. The molecule has 1 amide bonds. The first-order valence-corrected chi connectivity index (χ1v) is 7.14. The van der Waals surface area contributed by atoms with E-state index < -0.39 is 40.8 Å². The van der Waals surface area contributed by atoms with E-state index in [0.29, 0.717) is 0 Å². The van der Waals surface area contributed by atoms with E-state index in [9.17, 15) is 31.1 Å². The van der Waals surface area contributed by atoms with Gasteiger partial charge in [0.1, 0.15) is 11.4 Å². The zero-order valence-electron chi connectivity index (χ0n) is 13.2. The van der Waals surface area contributed by atoms with E-state index >= 15 is 0 Å². The van der Waals surface area contributed by atoms with Gasteiger partial charge < -0.3 is 14.8 Å². The third kappa shape index (κ3) is 2.37. The van der Waals surface area contributed by atoms with Gasteiger partial charge in [0, 0.05) is 5.56 Å². The summed E-state index contributed by atoms with van der Waals surface area (Å²) in [5.74, 6) is -2.21. The summed E-state index contributed by atoms with van der Waals surface area (Å²) in [4.78, 5) is 11.4. The molecule has 0 radical (unpaired) electrons. The Morgan fingerprint density at radius 2 is 1.68 bits per heavy atom. The van der Waals surface area contributed by atoms with E-state index in [1.54, 1.807) is 5.32 Å². The van der Waals surface area contributed by atoms with Gasteiger partial charge in [-0.3, -0.25) is 4.79 Å². The van der Waals surface area contributed by atoms with Gasteiger partial charge in [-0.25, -0.2) is 0 Å². The molecule has 4 nitrogen and oxygen atoms in total. The molecule has 10 heteroatoms. The molecule has 25 heavy (non-hydrogen) atoms. The van der Waals surface area contributed by atoms with Crippen LogP contribution in [-0.2, 0) is 21.3 Å². The molecule has 2 atom stereocenters. The topological polar surface area (TPSA) is 50.9 Å². The maximum Gasteiger partial charge on any atom is 0.471 e. The number of ether oxygens (including phenoxy) is 2. The van der Waals surface area contributed by atoms with Gasteiger partial charge in [0.25, 0.3) is 0 Å². The van der Waals surface area contributed by atoms with Crippen LogP contribution in [0.3, 0.4) is 0 Å². The fourth-order valence-electron chi connectivity index (χ4n) is 3.26. The number of hydrogen-bond donors (Lipinski definition) is 1. The van der Waals surface area contributed by atoms with E-state index in [0.717, 1.165) is 18.2 Å². The number of carbonyl (C=O) groups excluding carboxylic acids is 1. The minimum Gasteiger partial charge on any atom is -0.482 e. The molecule has 1 aromatic carbocycles. The summed E-state index contributed by atoms with van der Waals surface area (Å²) in [5.41, 5.74) is -6.06. The van der Waals surface area contributed by atoms with Gasteiger partial charge in [0.05, 0.1) is 5.56 Å². The minimum atomic E-state index is -5.17. The van der Waals surface area contributed by atoms with Gasteiger partial charge >= 0.3 is 18.3 Å². The third-order valence-corrected chi connectivity index (χ3v) is 4.57. The molecule has 1 N–H and O–H groups in total. The fourth-order valence-corrected chi connectivity index (χ4v) is 3.26. The molecule has 1 aromatic rings. The van der Waals surface area contributed by atoms with Crippen LogP contribution in [0.25, 0.3) is 0 Å². The van der Waals surface area contributed by atoms with Crippen molar-refractivity contribution >= 4 is 5.91 Å². The predicted molar refractivity (Wildman–Crippen MR) is 71.5 cm³/mol. The van der Waals surface area contributed by atoms with Crippen molar-refractivity contribution in [2.24, 2.45) is 0 Å². The molecule has 3 rings (SSSR count). The second kappa shape index (κ2) is 4.60. The highest BCUT2D eigenvalue weighted by Gasteiger charge is 2.80. The average Bonchev–Trinajstić information content (AvgIpc) is 3.04. The highest BCUT2D eigenvalue weighted by Crippen LogP contribution is 2.65. The lowest BCUT2D eigenvalue weighted by atomic mass is 9.80. The van der Waals surface area contributed by atoms with Crippen molar-refractivity contribution in [3.63, 3.8) is 0 Å². The Kier molecular flexibility index (Phi) is 3.28. The standard InChI is InChI=1S/C15H13F6NO3/c1-11(2)15(22-10(23)14(19,20)21)12(3,25-15)8-6-7(13(16,17)18)4-5-9(8)24-11/h4-6H,1-3H3,(H,22,23). The Labute approximate surface area is 138 Å². The smallest absolute Gasteiger partial charge is 0.471 e. The Balaban J connectivity index is 2.08. The Bertz CT molecular complexity index is 757. The van der Waals surface area contributed by atoms with Gasteiger partial charge in [-0.2, -0.15) is 26.3 Å². The number of halogens is 6. The number of carbonyl (C=O) groups is 1.